The van der Waals surface area contributed by atoms with Crippen molar-refractivity contribution in [1.29, 1.82) is 0 Å². The first-order valence-electron chi connectivity index (χ1n) is 6.67. The molecular formula is C13H15BrN4O4S. The van der Waals surface area contributed by atoms with E-state index in [4.69, 9.17) is 0 Å². The van der Waals surface area contributed by atoms with Crippen molar-refractivity contribution in [1.82, 2.24) is 14.1 Å². The van der Waals surface area contributed by atoms with E-state index in [1.54, 1.807) is 31.0 Å². The molecule has 0 radical (unpaired) electrons. The standard InChI is InChI=1S/C13H15BrN4O4S/c1-3-17(9-10-7-15-16(2)8-10)23(21,22)13-5-4-11(14)6-12(13)18(19)20/h4-8H,3,9H2,1-2H3. The number of aromatic nitrogens is 2. The van der Waals surface area contributed by atoms with Gasteiger partial charge in [0, 0.05) is 42.4 Å². The first-order chi connectivity index (χ1) is 10.8. The van der Waals surface area contributed by atoms with Gasteiger partial charge in [-0.15, -0.1) is 0 Å². The van der Waals surface area contributed by atoms with Gasteiger partial charge in [-0.05, 0) is 12.1 Å². The Kier molecular flexibility index (Phi) is 5.17. The lowest BCUT2D eigenvalue weighted by atomic mass is 10.3. The summed E-state index contributed by atoms with van der Waals surface area (Å²) in [6, 6.07) is 3.89. The predicted octanol–water partition coefficient (Wildman–Crippen LogP) is 2.30. The third-order valence-corrected chi connectivity index (χ3v) is 5.67. The Morgan fingerprint density at radius 2 is 2.13 bits per heavy atom. The Balaban J connectivity index is 2.45. The van der Waals surface area contributed by atoms with Gasteiger partial charge in [-0.3, -0.25) is 14.8 Å². The molecule has 0 saturated heterocycles. The summed E-state index contributed by atoms with van der Waals surface area (Å²) in [6.45, 7) is 1.96. The van der Waals surface area contributed by atoms with E-state index in [2.05, 4.69) is 21.0 Å². The lowest BCUT2D eigenvalue weighted by Crippen LogP contribution is -2.30. The van der Waals surface area contributed by atoms with Gasteiger partial charge < -0.3 is 0 Å². The minimum absolute atomic E-state index is 0.0971. The van der Waals surface area contributed by atoms with Gasteiger partial charge in [-0.1, -0.05) is 22.9 Å². The number of nitro benzene ring substituents is 1. The molecular weight excluding hydrogens is 388 g/mol. The Morgan fingerprint density at radius 1 is 1.43 bits per heavy atom. The molecule has 0 atom stereocenters. The monoisotopic (exact) mass is 402 g/mol. The first-order valence-corrected chi connectivity index (χ1v) is 8.90. The second-order valence-corrected chi connectivity index (χ2v) is 7.64. The maximum Gasteiger partial charge on any atom is 0.290 e. The number of hydrogen-bond acceptors (Lipinski definition) is 5. The Hall–Kier alpha value is -1.78. The summed E-state index contributed by atoms with van der Waals surface area (Å²) >= 11 is 3.12. The molecule has 10 heteroatoms. The molecule has 2 aromatic rings. The minimum atomic E-state index is -4.00. The number of halogens is 1. The zero-order valence-corrected chi connectivity index (χ0v) is 14.9. The summed E-state index contributed by atoms with van der Waals surface area (Å²) in [5.41, 5.74) is 0.252. The average molecular weight is 403 g/mol. The molecule has 0 aliphatic carbocycles. The van der Waals surface area contributed by atoms with E-state index < -0.39 is 20.6 Å². The van der Waals surface area contributed by atoms with Crippen LogP contribution in [0.4, 0.5) is 5.69 Å². The molecule has 0 fully saturated rings. The van der Waals surface area contributed by atoms with Gasteiger partial charge in [0.2, 0.25) is 10.0 Å². The molecule has 0 aliphatic heterocycles. The molecule has 0 saturated carbocycles. The first kappa shape index (κ1) is 17.6. The highest BCUT2D eigenvalue weighted by Gasteiger charge is 2.31. The molecule has 23 heavy (non-hydrogen) atoms. The smallest absolute Gasteiger partial charge is 0.275 e. The Bertz CT molecular complexity index is 834. The highest BCUT2D eigenvalue weighted by atomic mass is 79.9. The van der Waals surface area contributed by atoms with Gasteiger partial charge in [0.25, 0.3) is 5.69 Å². The summed E-state index contributed by atoms with van der Waals surface area (Å²) in [7, 11) is -2.27. The zero-order chi connectivity index (χ0) is 17.2. The highest BCUT2D eigenvalue weighted by Crippen LogP contribution is 2.30. The third kappa shape index (κ3) is 3.77. The SMILES string of the molecule is CCN(Cc1cnn(C)c1)S(=O)(=O)c1ccc(Br)cc1[N+](=O)[O-]. The van der Waals surface area contributed by atoms with Crippen molar-refractivity contribution in [2.24, 2.45) is 7.05 Å². The summed E-state index contributed by atoms with van der Waals surface area (Å²) < 4.78 is 28.8. The van der Waals surface area contributed by atoms with Crippen molar-refractivity contribution in [2.45, 2.75) is 18.4 Å². The van der Waals surface area contributed by atoms with Crippen LogP contribution >= 0.6 is 15.9 Å². The molecule has 1 aromatic heterocycles. The van der Waals surface area contributed by atoms with Gasteiger partial charge >= 0.3 is 0 Å². The van der Waals surface area contributed by atoms with E-state index in [1.807, 2.05) is 0 Å². The van der Waals surface area contributed by atoms with Crippen molar-refractivity contribution in [3.8, 4) is 0 Å². The van der Waals surface area contributed by atoms with Crippen LogP contribution in [-0.4, -0.2) is 34.0 Å². The van der Waals surface area contributed by atoms with Gasteiger partial charge in [-0.25, -0.2) is 8.42 Å². The summed E-state index contributed by atoms with van der Waals surface area (Å²) in [6.07, 6.45) is 3.27. The van der Waals surface area contributed by atoms with Crippen LogP contribution in [0, 0.1) is 10.1 Å². The van der Waals surface area contributed by atoms with E-state index in [1.165, 1.54) is 22.5 Å². The molecule has 0 amide bonds. The molecule has 1 heterocycles. The lowest BCUT2D eigenvalue weighted by molar-refractivity contribution is -0.387. The molecule has 1 aromatic carbocycles. The molecule has 0 spiro atoms. The molecule has 0 aliphatic rings. The Morgan fingerprint density at radius 3 is 2.65 bits per heavy atom. The Labute approximate surface area is 142 Å². The number of rotatable bonds is 6. The number of benzene rings is 1. The number of sulfonamides is 1. The van der Waals surface area contributed by atoms with Crippen LogP contribution < -0.4 is 0 Å². The van der Waals surface area contributed by atoms with E-state index in [9.17, 15) is 18.5 Å². The second-order valence-electron chi connectivity index (χ2n) is 4.82. The molecule has 0 unspecified atom stereocenters. The largest absolute Gasteiger partial charge is 0.290 e. The van der Waals surface area contributed by atoms with Crippen molar-refractivity contribution < 1.29 is 13.3 Å². The highest BCUT2D eigenvalue weighted by molar-refractivity contribution is 9.10. The number of nitro groups is 1. The van der Waals surface area contributed by atoms with Gasteiger partial charge in [0.15, 0.2) is 4.90 Å². The van der Waals surface area contributed by atoms with E-state index in [0.29, 0.717) is 10.0 Å². The van der Waals surface area contributed by atoms with E-state index in [-0.39, 0.29) is 18.0 Å². The van der Waals surface area contributed by atoms with Crippen molar-refractivity contribution in [3.63, 3.8) is 0 Å². The second kappa shape index (κ2) is 6.77. The molecule has 0 N–H and O–H groups in total. The average Bonchev–Trinajstić information content (AvgIpc) is 2.89. The topological polar surface area (TPSA) is 98.3 Å². The number of hydrogen-bond donors (Lipinski definition) is 0. The normalized spacial score (nSPS) is 11.8. The van der Waals surface area contributed by atoms with Crippen LogP contribution in [0.2, 0.25) is 0 Å². The molecule has 8 nitrogen and oxygen atoms in total. The zero-order valence-electron chi connectivity index (χ0n) is 12.5. The predicted molar refractivity (Wildman–Crippen MR) is 87.3 cm³/mol. The molecule has 124 valence electrons. The van der Waals surface area contributed by atoms with Gasteiger partial charge in [0.05, 0.1) is 11.1 Å². The summed E-state index contributed by atoms with van der Waals surface area (Å²) in [5.74, 6) is 0. The molecule has 0 bridgehead atoms. The van der Waals surface area contributed by atoms with Crippen LogP contribution in [0.5, 0.6) is 0 Å². The van der Waals surface area contributed by atoms with Crippen molar-refractivity contribution in [3.05, 3.63) is 50.7 Å². The van der Waals surface area contributed by atoms with Crippen LogP contribution in [0.25, 0.3) is 0 Å². The van der Waals surface area contributed by atoms with Crippen molar-refractivity contribution >= 4 is 31.6 Å². The maximum atomic E-state index is 12.8. The lowest BCUT2D eigenvalue weighted by Gasteiger charge is -2.19. The van der Waals surface area contributed by atoms with E-state index >= 15 is 0 Å². The number of aryl methyl sites for hydroxylation is 1. The van der Waals surface area contributed by atoms with Crippen molar-refractivity contribution in [2.75, 3.05) is 6.54 Å². The maximum absolute atomic E-state index is 12.8. The summed E-state index contributed by atoms with van der Waals surface area (Å²) in [5, 5.41) is 15.2. The van der Waals surface area contributed by atoms with Gasteiger partial charge in [0.1, 0.15) is 0 Å². The fourth-order valence-electron chi connectivity index (χ4n) is 2.11. The van der Waals surface area contributed by atoms with Gasteiger partial charge in [-0.2, -0.15) is 9.40 Å². The minimum Gasteiger partial charge on any atom is -0.275 e. The van der Waals surface area contributed by atoms with Crippen LogP contribution in [-0.2, 0) is 23.6 Å². The fourth-order valence-corrected chi connectivity index (χ4v) is 4.04. The van der Waals surface area contributed by atoms with Crippen LogP contribution in [0.3, 0.4) is 0 Å². The van der Waals surface area contributed by atoms with Crippen LogP contribution in [0.1, 0.15) is 12.5 Å². The van der Waals surface area contributed by atoms with E-state index in [0.717, 1.165) is 0 Å². The fraction of sp³-hybridized carbons (Fsp3) is 0.308. The third-order valence-electron chi connectivity index (χ3n) is 3.21. The molecule has 2 rings (SSSR count). The summed E-state index contributed by atoms with van der Waals surface area (Å²) in [4.78, 5) is 10.2. The van der Waals surface area contributed by atoms with Crippen LogP contribution in [0.15, 0.2) is 40.0 Å². The number of nitrogens with zero attached hydrogens (tertiary/aromatic N) is 4. The quantitative estimate of drug-likeness (QED) is 0.545.